The molecule has 1 aliphatic rings. The highest BCUT2D eigenvalue weighted by Crippen LogP contribution is 2.31. The molecule has 4 rings (SSSR count). The number of piperazine rings is 1. The molecule has 0 aliphatic carbocycles. The Bertz CT molecular complexity index is 967. The molecule has 0 atom stereocenters. The number of rotatable bonds is 4. The van der Waals surface area contributed by atoms with E-state index in [2.05, 4.69) is 4.90 Å². The standard InChI is InChI=1S/C20H20ClN3O2S/c1-14-4-2-3-5-17(14)26-13-19(25)23-8-10-24(11-9-23)20-22-16-7-6-15(21)12-18(16)27-20/h2-7,12H,8-11,13H2,1H3. The minimum atomic E-state index is 0.0222. The first-order chi connectivity index (χ1) is 13.1. The van der Waals surface area contributed by atoms with Crippen molar-refractivity contribution in [1.82, 2.24) is 9.88 Å². The molecule has 1 amide bonds. The highest BCUT2D eigenvalue weighted by Gasteiger charge is 2.23. The van der Waals surface area contributed by atoms with Crippen molar-refractivity contribution in [2.75, 3.05) is 37.7 Å². The fraction of sp³-hybridized carbons (Fsp3) is 0.300. The number of hydrogen-bond acceptors (Lipinski definition) is 5. The van der Waals surface area contributed by atoms with Crippen molar-refractivity contribution in [3.63, 3.8) is 0 Å². The molecule has 7 heteroatoms. The van der Waals surface area contributed by atoms with E-state index in [9.17, 15) is 4.79 Å². The molecule has 1 aliphatic heterocycles. The zero-order valence-corrected chi connectivity index (χ0v) is 16.6. The number of carbonyl (C=O) groups excluding carboxylic acids is 1. The number of aromatic nitrogens is 1. The predicted octanol–water partition coefficient (Wildman–Crippen LogP) is 3.99. The van der Waals surface area contributed by atoms with Gasteiger partial charge in [-0.1, -0.05) is 41.1 Å². The van der Waals surface area contributed by atoms with Crippen LogP contribution < -0.4 is 9.64 Å². The summed E-state index contributed by atoms with van der Waals surface area (Å²) in [4.78, 5) is 21.2. The van der Waals surface area contributed by atoms with E-state index in [1.54, 1.807) is 11.3 Å². The van der Waals surface area contributed by atoms with E-state index in [-0.39, 0.29) is 12.5 Å². The van der Waals surface area contributed by atoms with Crippen LogP contribution in [0.3, 0.4) is 0 Å². The van der Waals surface area contributed by atoms with Crippen LogP contribution in [0.5, 0.6) is 5.75 Å². The van der Waals surface area contributed by atoms with Gasteiger partial charge in [0.1, 0.15) is 5.75 Å². The van der Waals surface area contributed by atoms with Gasteiger partial charge in [0.2, 0.25) is 0 Å². The molecule has 0 bridgehead atoms. The van der Waals surface area contributed by atoms with Gasteiger partial charge in [-0.15, -0.1) is 0 Å². The summed E-state index contributed by atoms with van der Waals surface area (Å²) in [5.74, 6) is 0.784. The average Bonchev–Trinajstić information content (AvgIpc) is 3.10. The summed E-state index contributed by atoms with van der Waals surface area (Å²) in [6.45, 7) is 4.93. The molecule has 0 unspecified atom stereocenters. The summed E-state index contributed by atoms with van der Waals surface area (Å²) in [5, 5.41) is 1.71. The Balaban J connectivity index is 1.34. The van der Waals surface area contributed by atoms with Crippen molar-refractivity contribution in [2.24, 2.45) is 0 Å². The van der Waals surface area contributed by atoms with Crippen LogP contribution in [0.1, 0.15) is 5.56 Å². The molecule has 0 spiro atoms. The molecule has 2 heterocycles. The lowest BCUT2D eigenvalue weighted by Crippen LogP contribution is -2.50. The first-order valence-electron chi connectivity index (χ1n) is 8.87. The number of anilines is 1. The summed E-state index contributed by atoms with van der Waals surface area (Å²) in [6.07, 6.45) is 0. The molecule has 0 N–H and O–H groups in total. The number of benzene rings is 2. The number of thiazole rings is 1. The molecule has 1 fully saturated rings. The van der Waals surface area contributed by atoms with E-state index >= 15 is 0 Å². The number of halogens is 1. The van der Waals surface area contributed by atoms with Crippen molar-refractivity contribution in [3.8, 4) is 5.75 Å². The quantitative estimate of drug-likeness (QED) is 0.663. The van der Waals surface area contributed by atoms with Crippen molar-refractivity contribution in [3.05, 3.63) is 53.1 Å². The van der Waals surface area contributed by atoms with Crippen molar-refractivity contribution in [1.29, 1.82) is 0 Å². The van der Waals surface area contributed by atoms with Crippen LogP contribution in [0, 0.1) is 6.92 Å². The zero-order chi connectivity index (χ0) is 18.8. The van der Waals surface area contributed by atoms with E-state index in [4.69, 9.17) is 21.3 Å². The SMILES string of the molecule is Cc1ccccc1OCC(=O)N1CCN(c2nc3ccc(Cl)cc3s2)CC1. The van der Waals surface area contributed by atoms with Crippen molar-refractivity contribution < 1.29 is 9.53 Å². The molecule has 0 radical (unpaired) electrons. The zero-order valence-electron chi connectivity index (χ0n) is 15.0. The highest BCUT2D eigenvalue weighted by atomic mass is 35.5. The summed E-state index contributed by atoms with van der Waals surface area (Å²) in [5.41, 5.74) is 2.00. The van der Waals surface area contributed by atoms with E-state index in [1.165, 1.54) is 0 Å². The molecule has 5 nitrogen and oxygen atoms in total. The van der Waals surface area contributed by atoms with Gasteiger partial charge in [0.25, 0.3) is 5.91 Å². The molecule has 0 saturated carbocycles. The van der Waals surface area contributed by atoms with E-state index < -0.39 is 0 Å². The molecule has 1 aromatic heterocycles. The number of nitrogens with zero attached hydrogens (tertiary/aromatic N) is 3. The maximum atomic E-state index is 12.5. The first kappa shape index (κ1) is 18.1. The number of aryl methyl sites for hydroxylation is 1. The van der Waals surface area contributed by atoms with Gasteiger partial charge in [-0.3, -0.25) is 4.79 Å². The second kappa shape index (κ2) is 7.74. The topological polar surface area (TPSA) is 45.7 Å². The third-order valence-corrected chi connectivity index (χ3v) is 6.00. The van der Waals surface area contributed by atoms with Gasteiger partial charge in [-0.05, 0) is 36.8 Å². The minimum absolute atomic E-state index is 0.0222. The monoisotopic (exact) mass is 401 g/mol. The van der Waals surface area contributed by atoms with Gasteiger partial charge in [-0.2, -0.15) is 0 Å². The van der Waals surface area contributed by atoms with Crippen molar-refractivity contribution in [2.45, 2.75) is 6.92 Å². The smallest absolute Gasteiger partial charge is 0.260 e. The maximum Gasteiger partial charge on any atom is 0.260 e. The molecule has 140 valence electrons. The Morgan fingerprint density at radius 3 is 2.74 bits per heavy atom. The van der Waals surface area contributed by atoms with Gasteiger partial charge < -0.3 is 14.5 Å². The van der Waals surface area contributed by atoms with Gasteiger partial charge in [0, 0.05) is 31.2 Å². The fourth-order valence-corrected chi connectivity index (χ4v) is 4.41. The van der Waals surface area contributed by atoms with E-state index in [0.29, 0.717) is 13.1 Å². The van der Waals surface area contributed by atoms with Crippen LogP contribution in [0.2, 0.25) is 5.02 Å². The van der Waals surface area contributed by atoms with Gasteiger partial charge in [0.05, 0.1) is 10.2 Å². The molecule has 3 aromatic rings. The Kier molecular flexibility index (Phi) is 5.18. The van der Waals surface area contributed by atoms with Crippen LogP contribution in [-0.4, -0.2) is 48.6 Å². The van der Waals surface area contributed by atoms with Crippen LogP contribution in [0.15, 0.2) is 42.5 Å². The minimum Gasteiger partial charge on any atom is -0.484 e. The van der Waals surface area contributed by atoms with Crippen molar-refractivity contribution >= 4 is 44.2 Å². The second-order valence-corrected chi connectivity index (χ2v) is 7.98. The van der Waals surface area contributed by atoms with Gasteiger partial charge >= 0.3 is 0 Å². The Labute approximate surface area is 167 Å². The summed E-state index contributed by atoms with van der Waals surface area (Å²) >= 11 is 7.70. The van der Waals surface area contributed by atoms with Crippen LogP contribution >= 0.6 is 22.9 Å². The molecule has 1 saturated heterocycles. The number of para-hydroxylation sites is 1. The lowest BCUT2D eigenvalue weighted by atomic mass is 10.2. The lowest BCUT2D eigenvalue weighted by molar-refractivity contribution is -0.133. The largest absolute Gasteiger partial charge is 0.484 e. The average molecular weight is 402 g/mol. The summed E-state index contributed by atoms with van der Waals surface area (Å²) in [6, 6.07) is 13.5. The highest BCUT2D eigenvalue weighted by molar-refractivity contribution is 7.22. The van der Waals surface area contributed by atoms with Crippen LogP contribution in [-0.2, 0) is 4.79 Å². The third kappa shape index (κ3) is 4.01. The molecule has 2 aromatic carbocycles. The Morgan fingerprint density at radius 1 is 1.19 bits per heavy atom. The van der Waals surface area contributed by atoms with Gasteiger partial charge in [-0.25, -0.2) is 4.98 Å². The summed E-state index contributed by atoms with van der Waals surface area (Å²) < 4.78 is 6.77. The number of fused-ring (bicyclic) bond motifs is 1. The molecule has 27 heavy (non-hydrogen) atoms. The van der Waals surface area contributed by atoms with Gasteiger partial charge in [0.15, 0.2) is 11.7 Å². The fourth-order valence-electron chi connectivity index (χ4n) is 3.12. The number of carbonyl (C=O) groups is 1. The number of ether oxygens (including phenoxy) is 1. The van der Waals surface area contributed by atoms with E-state index in [1.807, 2.05) is 54.3 Å². The van der Waals surface area contributed by atoms with Crippen LogP contribution in [0.25, 0.3) is 10.2 Å². The third-order valence-electron chi connectivity index (χ3n) is 4.69. The maximum absolute atomic E-state index is 12.5. The predicted molar refractivity (Wildman–Crippen MR) is 110 cm³/mol. The number of hydrogen-bond donors (Lipinski definition) is 0. The normalized spacial score (nSPS) is 14.6. The van der Waals surface area contributed by atoms with Crippen LogP contribution in [0.4, 0.5) is 5.13 Å². The molecular formula is C20H20ClN3O2S. The molecular weight excluding hydrogens is 382 g/mol. The Hall–Kier alpha value is -2.31. The summed E-state index contributed by atoms with van der Waals surface area (Å²) in [7, 11) is 0. The Morgan fingerprint density at radius 2 is 1.96 bits per heavy atom. The first-order valence-corrected chi connectivity index (χ1v) is 10.1. The second-order valence-electron chi connectivity index (χ2n) is 6.53. The lowest BCUT2D eigenvalue weighted by Gasteiger charge is -2.34. The number of amides is 1. The van der Waals surface area contributed by atoms with E-state index in [0.717, 1.165) is 44.8 Å².